The summed E-state index contributed by atoms with van der Waals surface area (Å²) >= 11 is 0. The van der Waals surface area contributed by atoms with Crippen LogP contribution in [0.5, 0.6) is 0 Å². The largest absolute Gasteiger partial charge is 0.311 e. The van der Waals surface area contributed by atoms with Gasteiger partial charge in [-0.25, -0.2) is 0 Å². The zero-order chi connectivity index (χ0) is 15.3. The van der Waals surface area contributed by atoms with Gasteiger partial charge >= 0.3 is 0 Å². The number of nitrogens with zero attached hydrogens (tertiary/aromatic N) is 3. The van der Waals surface area contributed by atoms with Crippen LogP contribution >= 0.6 is 0 Å². The summed E-state index contributed by atoms with van der Waals surface area (Å²) in [5, 5.41) is 33.5. The zero-order valence-corrected chi connectivity index (χ0v) is 11.9. The number of non-ortho nitro benzene ring substituents is 1. The lowest BCUT2D eigenvalue weighted by atomic mass is 9.84. The summed E-state index contributed by atoms with van der Waals surface area (Å²) in [6.45, 7) is 7.28. The molecule has 0 radical (unpaired) electrons. The molecule has 7 heteroatoms. The number of hydroxylamine groups is 4. The Hall–Kier alpha value is -1.54. The van der Waals surface area contributed by atoms with E-state index >= 15 is 0 Å². The second-order valence-electron chi connectivity index (χ2n) is 6.03. The van der Waals surface area contributed by atoms with Crippen LogP contribution in [0.1, 0.15) is 39.4 Å². The van der Waals surface area contributed by atoms with Crippen molar-refractivity contribution >= 4 is 5.69 Å². The first-order valence-corrected chi connectivity index (χ1v) is 6.31. The molecule has 1 aliphatic rings. The van der Waals surface area contributed by atoms with E-state index < -0.39 is 22.2 Å². The Morgan fingerprint density at radius 3 is 1.80 bits per heavy atom. The van der Waals surface area contributed by atoms with Gasteiger partial charge in [-0.3, -0.25) is 10.1 Å². The molecule has 1 aliphatic heterocycles. The van der Waals surface area contributed by atoms with Crippen molar-refractivity contribution < 1.29 is 15.3 Å². The van der Waals surface area contributed by atoms with Gasteiger partial charge in [-0.05, 0) is 45.4 Å². The van der Waals surface area contributed by atoms with Crippen molar-refractivity contribution in [3.8, 4) is 0 Å². The average Bonchev–Trinajstić information content (AvgIpc) is 2.49. The van der Waals surface area contributed by atoms with Crippen molar-refractivity contribution in [2.24, 2.45) is 0 Å². The molecular weight excluding hydrogens is 262 g/mol. The van der Waals surface area contributed by atoms with E-state index in [2.05, 4.69) is 0 Å². The molecule has 0 atom stereocenters. The molecule has 0 amide bonds. The van der Waals surface area contributed by atoms with Crippen molar-refractivity contribution in [1.29, 1.82) is 0 Å². The van der Waals surface area contributed by atoms with Gasteiger partial charge in [-0.2, -0.15) is 10.1 Å². The Morgan fingerprint density at radius 1 is 1.05 bits per heavy atom. The fourth-order valence-corrected chi connectivity index (χ4v) is 2.33. The number of rotatable bonds is 2. The molecule has 0 aromatic heterocycles. The van der Waals surface area contributed by atoms with Crippen LogP contribution in [0.25, 0.3) is 0 Å². The number of nitro groups is 1. The quantitative estimate of drug-likeness (QED) is 0.639. The molecule has 1 aromatic rings. The minimum atomic E-state index is -0.763. The van der Waals surface area contributed by atoms with Crippen LogP contribution in [-0.4, -0.2) is 36.5 Å². The number of hydrogen-bond donors (Lipinski definition) is 2. The lowest BCUT2D eigenvalue weighted by Gasteiger charge is -2.37. The van der Waals surface area contributed by atoms with Crippen LogP contribution in [-0.2, 0) is 0 Å². The van der Waals surface area contributed by atoms with Gasteiger partial charge in [0.1, 0.15) is 6.17 Å². The summed E-state index contributed by atoms with van der Waals surface area (Å²) in [5.74, 6) is 0. The molecule has 2 rings (SSSR count). The van der Waals surface area contributed by atoms with Gasteiger partial charge < -0.3 is 10.4 Å². The van der Waals surface area contributed by atoms with Gasteiger partial charge in [0.25, 0.3) is 5.69 Å². The van der Waals surface area contributed by atoms with Crippen molar-refractivity contribution in [3.05, 3.63) is 39.9 Å². The predicted molar refractivity (Wildman–Crippen MR) is 71.2 cm³/mol. The molecule has 1 heterocycles. The highest BCUT2D eigenvalue weighted by atomic mass is 16.6. The van der Waals surface area contributed by atoms with Crippen LogP contribution < -0.4 is 0 Å². The fourth-order valence-electron chi connectivity index (χ4n) is 2.33. The first kappa shape index (κ1) is 14.9. The van der Waals surface area contributed by atoms with Gasteiger partial charge in [0.2, 0.25) is 0 Å². The Labute approximate surface area is 117 Å². The Bertz CT molecular complexity index is 507. The molecular formula is C13H19N3O4. The molecule has 110 valence electrons. The van der Waals surface area contributed by atoms with E-state index in [1.54, 1.807) is 0 Å². The molecule has 0 aliphatic carbocycles. The predicted octanol–water partition coefficient (Wildman–Crippen LogP) is 2.55. The Morgan fingerprint density at radius 2 is 1.45 bits per heavy atom. The minimum Gasteiger partial charge on any atom is -0.311 e. The zero-order valence-electron chi connectivity index (χ0n) is 11.9. The van der Waals surface area contributed by atoms with Crippen LogP contribution in [0.2, 0.25) is 0 Å². The molecule has 2 N–H and O–H groups in total. The van der Waals surface area contributed by atoms with Gasteiger partial charge in [-0.1, -0.05) is 0 Å². The number of nitro benzene ring substituents is 1. The van der Waals surface area contributed by atoms with Crippen molar-refractivity contribution in [2.45, 2.75) is 44.9 Å². The smallest absolute Gasteiger partial charge is 0.269 e. The lowest BCUT2D eigenvalue weighted by molar-refractivity contribution is -0.384. The summed E-state index contributed by atoms with van der Waals surface area (Å²) in [7, 11) is 0. The monoisotopic (exact) mass is 281 g/mol. The van der Waals surface area contributed by atoms with E-state index in [-0.39, 0.29) is 5.69 Å². The maximum Gasteiger partial charge on any atom is 0.269 e. The van der Waals surface area contributed by atoms with Crippen molar-refractivity contribution in [3.63, 3.8) is 0 Å². The third kappa shape index (κ3) is 1.90. The van der Waals surface area contributed by atoms with Gasteiger partial charge in [0.05, 0.1) is 16.0 Å². The highest BCUT2D eigenvalue weighted by molar-refractivity contribution is 5.35. The topological polar surface area (TPSA) is 90.1 Å². The maximum atomic E-state index is 10.7. The molecule has 7 nitrogen and oxygen atoms in total. The number of benzene rings is 1. The molecule has 0 bridgehead atoms. The third-order valence-corrected chi connectivity index (χ3v) is 4.51. The van der Waals surface area contributed by atoms with Gasteiger partial charge in [0, 0.05) is 12.1 Å². The van der Waals surface area contributed by atoms with Crippen LogP contribution in [0.3, 0.4) is 0 Å². The van der Waals surface area contributed by atoms with E-state index in [0.29, 0.717) is 5.56 Å². The van der Waals surface area contributed by atoms with Crippen molar-refractivity contribution in [2.75, 3.05) is 0 Å². The molecule has 1 saturated heterocycles. The third-order valence-electron chi connectivity index (χ3n) is 4.51. The van der Waals surface area contributed by atoms with E-state index in [4.69, 9.17) is 0 Å². The summed E-state index contributed by atoms with van der Waals surface area (Å²) in [4.78, 5) is 10.2. The Kier molecular flexibility index (Phi) is 3.34. The Balaban J connectivity index is 2.40. The van der Waals surface area contributed by atoms with E-state index in [0.717, 1.165) is 10.1 Å². The molecule has 0 unspecified atom stereocenters. The van der Waals surface area contributed by atoms with E-state index in [1.165, 1.54) is 24.3 Å². The average molecular weight is 281 g/mol. The summed E-state index contributed by atoms with van der Waals surface area (Å²) < 4.78 is 0. The van der Waals surface area contributed by atoms with E-state index in [9.17, 15) is 20.5 Å². The van der Waals surface area contributed by atoms with E-state index in [1.807, 2.05) is 27.7 Å². The SMILES string of the molecule is CC1(C)N(O)C(c2ccc([N+](=O)[O-])cc2)N(O)C1(C)C. The van der Waals surface area contributed by atoms with Gasteiger partial charge in [-0.15, -0.1) is 0 Å². The standard InChI is InChI=1S/C13H19N3O4/c1-12(2)13(3,4)15(18)11(14(12)17)9-5-7-10(8-6-9)16(19)20/h5-8,11,17-18H,1-4H3. The highest BCUT2D eigenvalue weighted by Crippen LogP contribution is 2.47. The second-order valence-corrected chi connectivity index (χ2v) is 6.03. The van der Waals surface area contributed by atoms with Crippen LogP contribution in [0.4, 0.5) is 5.69 Å². The minimum absolute atomic E-state index is 0.0285. The summed E-state index contributed by atoms with van der Waals surface area (Å²) in [5.41, 5.74) is -0.818. The molecule has 1 aromatic carbocycles. The lowest BCUT2D eigenvalue weighted by Crippen LogP contribution is -2.52. The first-order chi connectivity index (χ1) is 9.10. The molecule has 1 fully saturated rings. The van der Waals surface area contributed by atoms with Gasteiger partial charge in [0.15, 0.2) is 0 Å². The molecule has 0 spiro atoms. The molecule has 20 heavy (non-hydrogen) atoms. The highest BCUT2D eigenvalue weighted by Gasteiger charge is 2.58. The molecule has 0 saturated carbocycles. The second kappa shape index (κ2) is 4.49. The normalized spacial score (nSPS) is 23.1. The van der Waals surface area contributed by atoms with Crippen molar-refractivity contribution in [1.82, 2.24) is 10.1 Å². The first-order valence-electron chi connectivity index (χ1n) is 6.31. The summed E-state index contributed by atoms with van der Waals surface area (Å²) in [6, 6.07) is 5.78. The van der Waals surface area contributed by atoms with Crippen LogP contribution in [0.15, 0.2) is 24.3 Å². The maximum absolute atomic E-state index is 10.7. The summed E-state index contributed by atoms with van der Waals surface area (Å²) in [6.07, 6.45) is -0.763. The van der Waals surface area contributed by atoms with Crippen LogP contribution in [0, 0.1) is 10.1 Å². The number of hydrogen-bond acceptors (Lipinski definition) is 6. The fraction of sp³-hybridized carbons (Fsp3) is 0.538.